The van der Waals surface area contributed by atoms with Gasteiger partial charge >= 0.3 is 0 Å². The molecular formula is C26H36N4O6. The smallest absolute Gasteiger partial charge is 0.235 e. The maximum Gasteiger partial charge on any atom is 0.235 e. The highest BCUT2D eigenvalue weighted by Crippen LogP contribution is 2.49. The minimum absolute atomic E-state index is 0.0132. The molecule has 0 aromatic rings. The predicted octanol–water partition coefficient (Wildman–Crippen LogP) is -0.291. The van der Waals surface area contributed by atoms with Gasteiger partial charge < -0.3 is 19.3 Å². The number of nitrogens with zero attached hydrogens (tertiary/aromatic N) is 4. The molecule has 8 unspecified atom stereocenters. The fraction of sp³-hybridized carbons (Fsp3) is 0.846. The molecule has 7 aliphatic rings. The lowest BCUT2D eigenvalue weighted by atomic mass is 9.81. The Morgan fingerprint density at radius 1 is 0.500 bits per heavy atom. The van der Waals surface area contributed by atoms with Crippen molar-refractivity contribution in [3.8, 4) is 0 Å². The van der Waals surface area contributed by atoms with Gasteiger partial charge in [-0.2, -0.15) is 0 Å². The highest BCUT2D eigenvalue weighted by atomic mass is 16.5. The van der Waals surface area contributed by atoms with Crippen LogP contribution in [-0.4, -0.2) is 120 Å². The van der Waals surface area contributed by atoms with Crippen LogP contribution in [0.5, 0.6) is 0 Å². The molecular weight excluding hydrogens is 464 g/mol. The van der Waals surface area contributed by atoms with E-state index in [1.807, 2.05) is 0 Å². The van der Waals surface area contributed by atoms with Crippen molar-refractivity contribution < 1.29 is 28.7 Å². The number of likely N-dealkylation sites (tertiary alicyclic amines) is 2. The number of imide groups is 2. The first kappa shape index (κ1) is 23.3. The number of piperazine rings is 1. The number of hydrogen-bond donors (Lipinski definition) is 0. The number of ether oxygens (including phenoxy) is 2. The number of carbonyl (C=O) groups excluding carboxylic acids is 4. The maximum absolute atomic E-state index is 12.8. The zero-order chi connectivity index (χ0) is 24.6. The molecule has 0 aromatic heterocycles. The lowest BCUT2D eigenvalue weighted by molar-refractivity contribution is -0.144. The second-order valence-corrected chi connectivity index (χ2v) is 11.7. The zero-order valence-electron chi connectivity index (χ0n) is 20.8. The van der Waals surface area contributed by atoms with Gasteiger partial charge in [0.25, 0.3) is 0 Å². The topological polar surface area (TPSA) is 99.7 Å². The van der Waals surface area contributed by atoms with Crippen LogP contribution in [0.25, 0.3) is 0 Å². The van der Waals surface area contributed by atoms with Crippen molar-refractivity contribution in [2.75, 3.05) is 52.4 Å². The summed E-state index contributed by atoms with van der Waals surface area (Å²) in [5.41, 5.74) is 0. The summed E-state index contributed by atoms with van der Waals surface area (Å²) >= 11 is 0. The summed E-state index contributed by atoms with van der Waals surface area (Å²) in [5.74, 6) is -0.964. The summed E-state index contributed by atoms with van der Waals surface area (Å²) in [6, 6.07) is 0. The van der Waals surface area contributed by atoms with Crippen LogP contribution < -0.4 is 0 Å². The summed E-state index contributed by atoms with van der Waals surface area (Å²) in [7, 11) is 0. The molecule has 0 spiro atoms. The van der Waals surface area contributed by atoms with Crippen LogP contribution in [0.3, 0.4) is 0 Å². The van der Waals surface area contributed by atoms with E-state index in [-0.39, 0.29) is 71.7 Å². The molecule has 8 atom stereocenters. The van der Waals surface area contributed by atoms with Gasteiger partial charge in [-0.1, -0.05) is 0 Å². The Balaban J connectivity index is 0.817. The van der Waals surface area contributed by atoms with E-state index >= 15 is 0 Å². The molecule has 7 heterocycles. The average Bonchev–Trinajstić information content (AvgIpc) is 3.72. The average molecular weight is 501 g/mol. The Hall–Kier alpha value is -1.88. The zero-order valence-corrected chi connectivity index (χ0v) is 20.8. The molecule has 7 rings (SSSR count). The van der Waals surface area contributed by atoms with Crippen LogP contribution in [0.15, 0.2) is 0 Å². The number of carbonyl (C=O) groups is 4. The summed E-state index contributed by atoms with van der Waals surface area (Å²) in [6.07, 6.45) is 5.07. The van der Waals surface area contributed by atoms with E-state index in [0.29, 0.717) is 13.1 Å². The van der Waals surface area contributed by atoms with Crippen molar-refractivity contribution in [1.82, 2.24) is 19.6 Å². The molecule has 196 valence electrons. The van der Waals surface area contributed by atoms with E-state index in [0.717, 1.165) is 77.8 Å². The first-order valence-electron chi connectivity index (χ1n) is 14.0. The van der Waals surface area contributed by atoms with Crippen LogP contribution in [0.2, 0.25) is 0 Å². The SMILES string of the molecule is O=C1C2C3CCC(O3)C2C(=O)N1CCCN1CCN(CCCN2C(=O)C3C4CCC(O4)C3C2=O)CC1. The molecule has 0 aliphatic carbocycles. The molecule has 4 amide bonds. The number of fused-ring (bicyclic) bond motifs is 10. The van der Waals surface area contributed by atoms with Crippen molar-refractivity contribution in [3.05, 3.63) is 0 Å². The first-order chi connectivity index (χ1) is 17.5. The van der Waals surface area contributed by atoms with E-state index in [1.165, 1.54) is 9.80 Å². The molecule has 7 saturated heterocycles. The molecule has 7 fully saturated rings. The molecule has 4 bridgehead atoms. The van der Waals surface area contributed by atoms with Gasteiger partial charge in [0.15, 0.2) is 0 Å². The van der Waals surface area contributed by atoms with E-state index < -0.39 is 0 Å². The highest BCUT2D eigenvalue weighted by Gasteiger charge is 2.63. The van der Waals surface area contributed by atoms with Crippen molar-refractivity contribution in [3.63, 3.8) is 0 Å². The predicted molar refractivity (Wildman–Crippen MR) is 125 cm³/mol. The summed E-state index contributed by atoms with van der Waals surface area (Å²) in [5, 5.41) is 0. The van der Waals surface area contributed by atoms with Gasteiger partial charge in [-0.3, -0.25) is 29.0 Å². The quantitative estimate of drug-likeness (QED) is 0.420. The van der Waals surface area contributed by atoms with Crippen LogP contribution >= 0.6 is 0 Å². The lowest BCUT2D eigenvalue weighted by Gasteiger charge is -2.35. The molecule has 10 heteroatoms. The molecule has 0 saturated carbocycles. The van der Waals surface area contributed by atoms with Gasteiger partial charge in [-0.25, -0.2) is 0 Å². The van der Waals surface area contributed by atoms with Gasteiger partial charge in [0, 0.05) is 39.3 Å². The van der Waals surface area contributed by atoms with E-state index in [1.54, 1.807) is 0 Å². The second-order valence-electron chi connectivity index (χ2n) is 11.7. The van der Waals surface area contributed by atoms with E-state index in [2.05, 4.69) is 9.80 Å². The van der Waals surface area contributed by atoms with Gasteiger partial charge in [0.05, 0.1) is 48.1 Å². The van der Waals surface area contributed by atoms with Crippen LogP contribution in [0.1, 0.15) is 38.5 Å². The van der Waals surface area contributed by atoms with Gasteiger partial charge in [-0.15, -0.1) is 0 Å². The van der Waals surface area contributed by atoms with Crippen LogP contribution in [0.4, 0.5) is 0 Å². The van der Waals surface area contributed by atoms with Crippen LogP contribution in [0, 0.1) is 23.7 Å². The summed E-state index contributed by atoms with van der Waals surface area (Å²) in [6.45, 7) is 6.61. The largest absolute Gasteiger partial charge is 0.373 e. The highest BCUT2D eigenvalue weighted by molar-refractivity contribution is 6.07. The van der Waals surface area contributed by atoms with Gasteiger partial charge in [0.1, 0.15) is 0 Å². The Labute approximate surface area is 211 Å². The number of hydrogen-bond acceptors (Lipinski definition) is 8. The fourth-order valence-corrected chi connectivity index (χ4v) is 8.13. The van der Waals surface area contributed by atoms with Crippen molar-refractivity contribution in [2.24, 2.45) is 23.7 Å². The molecule has 0 aromatic carbocycles. The van der Waals surface area contributed by atoms with Crippen molar-refractivity contribution >= 4 is 23.6 Å². The summed E-state index contributed by atoms with van der Waals surface area (Å²) < 4.78 is 11.6. The lowest BCUT2D eigenvalue weighted by Crippen LogP contribution is -2.47. The number of amides is 4. The minimum atomic E-state index is -0.228. The monoisotopic (exact) mass is 500 g/mol. The van der Waals surface area contributed by atoms with Crippen molar-refractivity contribution in [1.29, 1.82) is 0 Å². The van der Waals surface area contributed by atoms with E-state index in [9.17, 15) is 19.2 Å². The van der Waals surface area contributed by atoms with Crippen molar-refractivity contribution in [2.45, 2.75) is 62.9 Å². The molecule has 10 nitrogen and oxygen atoms in total. The van der Waals surface area contributed by atoms with Gasteiger partial charge in [0.2, 0.25) is 23.6 Å². The summed E-state index contributed by atoms with van der Waals surface area (Å²) in [4.78, 5) is 59.0. The molecule has 0 radical (unpaired) electrons. The Morgan fingerprint density at radius 2 is 0.806 bits per heavy atom. The molecule has 36 heavy (non-hydrogen) atoms. The van der Waals surface area contributed by atoms with Gasteiger partial charge in [-0.05, 0) is 51.6 Å². The Morgan fingerprint density at radius 3 is 1.11 bits per heavy atom. The molecule has 0 N–H and O–H groups in total. The Kier molecular flexibility index (Phi) is 5.72. The standard InChI is InChI=1S/C26H36N4O6/c31-23-19-15-3-4-16(35-15)20(19)24(32)29(23)9-1-7-27-11-13-28(14-12-27)8-2-10-30-25(33)21-17-5-6-18(36-17)22(21)26(30)34/h15-22H,1-14H2. The second kappa shape index (κ2) is 8.85. The normalized spacial score (nSPS) is 41.9. The van der Waals surface area contributed by atoms with E-state index in [4.69, 9.17) is 9.47 Å². The minimum Gasteiger partial charge on any atom is -0.373 e. The number of rotatable bonds is 8. The third kappa shape index (κ3) is 3.51. The maximum atomic E-state index is 12.8. The Bertz CT molecular complexity index is 834. The fourth-order valence-electron chi connectivity index (χ4n) is 8.13. The third-order valence-electron chi connectivity index (χ3n) is 9.93. The van der Waals surface area contributed by atoms with Crippen LogP contribution in [-0.2, 0) is 28.7 Å². The first-order valence-corrected chi connectivity index (χ1v) is 14.0. The third-order valence-corrected chi connectivity index (χ3v) is 9.93. The molecule has 7 aliphatic heterocycles.